The lowest BCUT2D eigenvalue weighted by Gasteiger charge is -2.35. The van der Waals surface area contributed by atoms with Gasteiger partial charge in [-0.05, 0) is 47.4 Å². The van der Waals surface area contributed by atoms with Crippen molar-refractivity contribution in [1.82, 2.24) is 24.5 Å². The average Bonchev–Trinajstić information content (AvgIpc) is 3.09. The van der Waals surface area contributed by atoms with Crippen molar-refractivity contribution in [2.75, 3.05) is 7.05 Å². The molecule has 2 unspecified atom stereocenters. The van der Waals surface area contributed by atoms with Gasteiger partial charge in [-0.2, -0.15) is 4.31 Å². The van der Waals surface area contributed by atoms with Crippen LogP contribution in [0.15, 0.2) is 35.5 Å². The van der Waals surface area contributed by atoms with E-state index in [1.807, 2.05) is 0 Å². The number of hydrogen-bond donors (Lipinski definition) is 0. The van der Waals surface area contributed by atoms with E-state index in [9.17, 15) is 8.42 Å². The minimum Gasteiger partial charge on any atom is -0.207 e. The highest BCUT2D eigenvalue weighted by atomic mass is 32.2. The fourth-order valence-corrected chi connectivity index (χ4v) is 4.77. The van der Waals surface area contributed by atoms with E-state index in [1.165, 1.54) is 21.7 Å². The lowest BCUT2D eigenvalue weighted by atomic mass is 9.86. The van der Waals surface area contributed by atoms with E-state index in [1.54, 1.807) is 31.3 Å². The van der Waals surface area contributed by atoms with Gasteiger partial charge in [0.2, 0.25) is 10.0 Å². The summed E-state index contributed by atoms with van der Waals surface area (Å²) < 4.78 is 28.9. The van der Waals surface area contributed by atoms with Crippen LogP contribution in [0.5, 0.6) is 0 Å². The Bertz CT molecular complexity index is 760. The summed E-state index contributed by atoms with van der Waals surface area (Å²) >= 11 is 0. The molecule has 1 aliphatic carbocycles. The zero-order chi connectivity index (χ0) is 16.4. The fraction of sp³-hybridized carbons (Fsp3) is 0.533. The number of sulfonamides is 1. The Labute approximate surface area is 136 Å². The zero-order valence-electron chi connectivity index (χ0n) is 13.3. The number of aromatic nitrogens is 4. The SMILES string of the molecule is CC1CCCCC1N(C)S(=O)(=O)c1cccc(-n2cnnn2)c1. The van der Waals surface area contributed by atoms with Crippen molar-refractivity contribution in [1.29, 1.82) is 0 Å². The van der Waals surface area contributed by atoms with Crippen LogP contribution in [0.3, 0.4) is 0 Å². The van der Waals surface area contributed by atoms with Crippen LogP contribution in [-0.4, -0.2) is 46.0 Å². The highest BCUT2D eigenvalue weighted by Gasteiger charge is 2.33. The molecule has 2 aromatic rings. The first kappa shape index (κ1) is 16.1. The Morgan fingerprint density at radius 3 is 2.74 bits per heavy atom. The quantitative estimate of drug-likeness (QED) is 0.852. The zero-order valence-corrected chi connectivity index (χ0v) is 14.1. The fourth-order valence-electron chi connectivity index (χ4n) is 3.25. The first-order valence-corrected chi connectivity index (χ1v) is 9.25. The maximum Gasteiger partial charge on any atom is 0.243 e. The molecule has 124 valence electrons. The van der Waals surface area contributed by atoms with Gasteiger partial charge in [-0.25, -0.2) is 13.1 Å². The summed E-state index contributed by atoms with van der Waals surface area (Å²) in [6, 6.07) is 6.77. The van der Waals surface area contributed by atoms with Crippen molar-refractivity contribution < 1.29 is 8.42 Å². The molecule has 1 aromatic heterocycles. The summed E-state index contributed by atoms with van der Waals surface area (Å²) in [5.41, 5.74) is 0.626. The van der Waals surface area contributed by atoms with Crippen LogP contribution in [0.25, 0.3) is 5.69 Å². The molecule has 0 amide bonds. The predicted molar refractivity (Wildman–Crippen MR) is 85.5 cm³/mol. The first-order chi connectivity index (χ1) is 11.0. The van der Waals surface area contributed by atoms with Gasteiger partial charge in [0.1, 0.15) is 6.33 Å². The second-order valence-electron chi connectivity index (χ2n) is 6.10. The second kappa shape index (κ2) is 6.37. The van der Waals surface area contributed by atoms with E-state index in [2.05, 4.69) is 22.4 Å². The molecule has 0 N–H and O–H groups in total. The van der Waals surface area contributed by atoms with E-state index in [4.69, 9.17) is 0 Å². The van der Waals surface area contributed by atoms with Crippen molar-refractivity contribution in [2.45, 2.75) is 43.5 Å². The lowest BCUT2D eigenvalue weighted by molar-refractivity contribution is 0.213. The van der Waals surface area contributed by atoms with Crippen LogP contribution in [0.1, 0.15) is 32.6 Å². The summed E-state index contributed by atoms with van der Waals surface area (Å²) in [4.78, 5) is 0.269. The summed E-state index contributed by atoms with van der Waals surface area (Å²) in [5.74, 6) is 0.381. The molecule has 23 heavy (non-hydrogen) atoms. The molecule has 8 heteroatoms. The molecule has 7 nitrogen and oxygen atoms in total. The predicted octanol–water partition coefficient (Wildman–Crippen LogP) is 1.86. The minimum absolute atomic E-state index is 0.0606. The van der Waals surface area contributed by atoms with Crippen LogP contribution in [0.4, 0.5) is 0 Å². The van der Waals surface area contributed by atoms with Crippen LogP contribution < -0.4 is 0 Å². The molecule has 0 radical (unpaired) electrons. The molecule has 3 rings (SSSR count). The van der Waals surface area contributed by atoms with Crippen molar-refractivity contribution in [2.24, 2.45) is 5.92 Å². The minimum atomic E-state index is -3.53. The third kappa shape index (κ3) is 3.13. The van der Waals surface area contributed by atoms with Crippen molar-refractivity contribution in [3.63, 3.8) is 0 Å². The molecule has 0 saturated heterocycles. The van der Waals surface area contributed by atoms with E-state index in [-0.39, 0.29) is 10.9 Å². The molecule has 1 heterocycles. The topological polar surface area (TPSA) is 81.0 Å². The molecule has 0 aliphatic heterocycles. The standard InChI is InChI=1S/C15H21N5O2S/c1-12-6-3-4-9-15(12)19(2)23(21,22)14-8-5-7-13(10-14)20-11-16-17-18-20/h5,7-8,10-12,15H,3-4,6,9H2,1-2H3. The smallest absolute Gasteiger partial charge is 0.207 e. The van der Waals surface area contributed by atoms with Gasteiger partial charge in [-0.1, -0.05) is 25.8 Å². The van der Waals surface area contributed by atoms with E-state index < -0.39 is 10.0 Å². The van der Waals surface area contributed by atoms with Gasteiger partial charge in [-0.15, -0.1) is 5.10 Å². The number of benzene rings is 1. The number of rotatable bonds is 4. The summed E-state index contributed by atoms with van der Waals surface area (Å²) in [6.45, 7) is 2.13. The first-order valence-electron chi connectivity index (χ1n) is 7.81. The van der Waals surface area contributed by atoms with E-state index in [0.29, 0.717) is 11.6 Å². The molecule has 0 spiro atoms. The van der Waals surface area contributed by atoms with E-state index >= 15 is 0 Å². The highest BCUT2D eigenvalue weighted by Crippen LogP contribution is 2.31. The Morgan fingerprint density at radius 2 is 2.04 bits per heavy atom. The lowest BCUT2D eigenvalue weighted by Crippen LogP contribution is -2.42. The van der Waals surface area contributed by atoms with Gasteiger partial charge >= 0.3 is 0 Å². The van der Waals surface area contributed by atoms with Crippen LogP contribution in [-0.2, 0) is 10.0 Å². The Kier molecular flexibility index (Phi) is 4.45. The Hall–Kier alpha value is -1.80. The molecule has 1 saturated carbocycles. The molecule has 1 fully saturated rings. The van der Waals surface area contributed by atoms with Crippen LogP contribution >= 0.6 is 0 Å². The maximum absolute atomic E-state index is 13.0. The van der Waals surface area contributed by atoms with Crippen molar-refractivity contribution in [3.8, 4) is 5.69 Å². The van der Waals surface area contributed by atoms with Gasteiger partial charge < -0.3 is 0 Å². The molecule has 1 aromatic carbocycles. The summed E-state index contributed by atoms with van der Waals surface area (Å²) in [6.07, 6.45) is 5.71. The van der Waals surface area contributed by atoms with Gasteiger partial charge in [0, 0.05) is 13.1 Å². The highest BCUT2D eigenvalue weighted by molar-refractivity contribution is 7.89. The van der Waals surface area contributed by atoms with Crippen LogP contribution in [0.2, 0.25) is 0 Å². The van der Waals surface area contributed by atoms with Gasteiger partial charge in [0.15, 0.2) is 0 Å². The van der Waals surface area contributed by atoms with Crippen LogP contribution in [0, 0.1) is 5.92 Å². The largest absolute Gasteiger partial charge is 0.243 e. The molecule has 1 aliphatic rings. The number of tetrazole rings is 1. The third-order valence-corrected chi connectivity index (χ3v) is 6.52. The molecular weight excluding hydrogens is 314 g/mol. The monoisotopic (exact) mass is 335 g/mol. The Balaban J connectivity index is 1.91. The third-order valence-electron chi connectivity index (χ3n) is 4.64. The molecule has 0 bridgehead atoms. The van der Waals surface area contributed by atoms with Crippen molar-refractivity contribution >= 4 is 10.0 Å². The molecule has 2 atom stereocenters. The van der Waals surface area contributed by atoms with Gasteiger partial charge in [-0.3, -0.25) is 0 Å². The van der Waals surface area contributed by atoms with E-state index in [0.717, 1.165) is 19.3 Å². The second-order valence-corrected chi connectivity index (χ2v) is 8.10. The van der Waals surface area contributed by atoms with Gasteiger partial charge in [0.05, 0.1) is 10.6 Å². The van der Waals surface area contributed by atoms with Crippen molar-refractivity contribution in [3.05, 3.63) is 30.6 Å². The Morgan fingerprint density at radius 1 is 1.26 bits per heavy atom. The normalized spacial score (nSPS) is 22.4. The summed E-state index contributed by atoms with van der Waals surface area (Å²) in [5, 5.41) is 11.0. The van der Waals surface area contributed by atoms with Gasteiger partial charge in [0.25, 0.3) is 0 Å². The maximum atomic E-state index is 13.0. The number of nitrogens with zero attached hydrogens (tertiary/aromatic N) is 5. The molecular formula is C15H21N5O2S. The average molecular weight is 335 g/mol. The number of hydrogen-bond acceptors (Lipinski definition) is 5. The summed E-state index contributed by atoms with van der Waals surface area (Å²) in [7, 11) is -1.85.